The monoisotopic (exact) mass is 461 g/mol. The van der Waals surface area contributed by atoms with Gasteiger partial charge < -0.3 is 15.4 Å². The van der Waals surface area contributed by atoms with Gasteiger partial charge in [0.15, 0.2) is 5.11 Å². The van der Waals surface area contributed by atoms with Crippen molar-refractivity contribution in [3.8, 4) is 5.75 Å². The van der Waals surface area contributed by atoms with E-state index >= 15 is 0 Å². The molecule has 6 nitrogen and oxygen atoms in total. The van der Waals surface area contributed by atoms with E-state index in [1.54, 1.807) is 48.5 Å². The third-order valence-corrected chi connectivity index (χ3v) is 4.90. The molecule has 0 atom stereocenters. The Kier molecular flexibility index (Phi) is 8.16. The molecule has 0 radical (unpaired) electrons. The highest BCUT2D eigenvalue weighted by atomic mass is 32.1. The number of benzene rings is 3. The highest BCUT2D eigenvalue weighted by Crippen LogP contribution is 2.21. The smallest absolute Gasteiger partial charge is 0.257 e. The van der Waals surface area contributed by atoms with Crippen LogP contribution in [-0.2, 0) is 0 Å². The molecule has 7 heteroatoms. The molecule has 3 aromatic rings. The molecule has 3 rings (SSSR count). The fraction of sp³-hybridized carbons (Fsp3) is 0.192. The molecule has 0 spiro atoms. The lowest BCUT2D eigenvalue weighted by Gasteiger charge is -2.13. The van der Waals surface area contributed by atoms with Gasteiger partial charge in [-0.2, -0.15) is 0 Å². The van der Waals surface area contributed by atoms with E-state index in [9.17, 15) is 9.59 Å². The van der Waals surface area contributed by atoms with Crippen molar-refractivity contribution in [2.45, 2.75) is 20.8 Å². The van der Waals surface area contributed by atoms with Crippen molar-refractivity contribution in [3.63, 3.8) is 0 Å². The molecular formula is C26H27N3O3S. The summed E-state index contributed by atoms with van der Waals surface area (Å²) in [6.45, 7) is 6.65. The Balaban J connectivity index is 1.55. The highest BCUT2D eigenvalue weighted by Gasteiger charge is 2.11. The van der Waals surface area contributed by atoms with Gasteiger partial charge in [-0.05, 0) is 85.2 Å². The van der Waals surface area contributed by atoms with Crippen LogP contribution in [0.1, 0.15) is 40.1 Å². The molecule has 170 valence electrons. The minimum absolute atomic E-state index is 0.178. The van der Waals surface area contributed by atoms with Crippen LogP contribution in [0.4, 0.5) is 11.4 Å². The summed E-state index contributed by atoms with van der Waals surface area (Å²) in [5.74, 6) is 0.652. The molecule has 0 aliphatic carbocycles. The van der Waals surface area contributed by atoms with Crippen LogP contribution in [-0.4, -0.2) is 23.5 Å². The summed E-state index contributed by atoms with van der Waals surface area (Å²) in [4.78, 5) is 24.8. The predicted octanol–water partition coefficient (Wildman–Crippen LogP) is 5.41. The van der Waals surface area contributed by atoms with Crippen molar-refractivity contribution in [3.05, 3.63) is 89.5 Å². The molecule has 0 fully saturated rings. The fourth-order valence-corrected chi connectivity index (χ4v) is 3.18. The van der Waals surface area contributed by atoms with Gasteiger partial charge in [0.1, 0.15) is 5.75 Å². The molecule has 0 saturated heterocycles. The molecule has 0 bridgehead atoms. The number of carbonyl (C=O) groups is 2. The SMILES string of the molecule is Cc1cc(NC(=S)NC(=O)c2ccc(OCC(C)C)cc2)ccc1NC(=O)c1ccccc1. The van der Waals surface area contributed by atoms with Crippen LogP contribution in [0.15, 0.2) is 72.8 Å². The minimum Gasteiger partial charge on any atom is -0.493 e. The normalized spacial score (nSPS) is 10.4. The number of rotatable bonds is 7. The molecule has 2 amide bonds. The lowest BCUT2D eigenvalue weighted by atomic mass is 10.1. The standard InChI is InChI=1S/C26H27N3O3S/c1-17(2)16-32-22-12-9-20(10-13-22)25(31)29-26(33)27-21-11-14-23(18(3)15-21)28-24(30)19-7-5-4-6-8-19/h4-15,17H,16H2,1-3H3,(H,28,30)(H2,27,29,31,33). The molecule has 0 heterocycles. The first-order valence-electron chi connectivity index (χ1n) is 10.6. The van der Waals surface area contributed by atoms with E-state index in [1.807, 2.05) is 31.2 Å². The predicted molar refractivity (Wildman–Crippen MR) is 136 cm³/mol. The lowest BCUT2D eigenvalue weighted by Crippen LogP contribution is -2.34. The number of thiocarbonyl (C=S) groups is 1. The van der Waals surface area contributed by atoms with E-state index in [-0.39, 0.29) is 16.9 Å². The van der Waals surface area contributed by atoms with Gasteiger partial charge in [-0.15, -0.1) is 0 Å². The summed E-state index contributed by atoms with van der Waals surface area (Å²) in [5.41, 5.74) is 3.32. The van der Waals surface area contributed by atoms with Gasteiger partial charge in [0.05, 0.1) is 6.61 Å². The number of ether oxygens (including phenoxy) is 1. The van der Waals surface area contributed by atoms with Gasteiger partial charge in [0.25, 0.3) is 11.8 Å². The van der Waals surface area contributed by atoms with Crippen molar-refractivity contribution in [2.24, 2.45) is 5.92 Å². The maximum absolute atomic E-state index is 12.5. The second kappa shape index (κ2) is 11.2. The third kappa shape index (κ3) is 7.15. The van der Waals surface area contributed by atoms with E-state index in [1.165, 1.54) is 0 Å². The molecule has 0 saturated carbocycles. The van der Waals surface area contributed by atoms with Gasteiger partial charge in [0.2, 0.25) is 0 Å². The molecule has 0 aromatic heterocycles. The van der Waals surface area contributed by atoms with Crippen LogP contribution in [0.25, 0.3) is 0 Å². The number of nitrogens with one attached hydrogen (secondary N) is 3. The highest BCUT2D eigenvalue weighted by molar-refractivity contribution is 7.80. The zero-order valence-electron chi connectivity index (χ0n) is 18.8. The average molecular weight is 462 g/mol. The number of hydrogen-bond donors (Lipinski definition) is 3. The van der Waals surface area contributed by atoms with Crippen molar-refractivity contribution in [2.75, 3.05) is 17.2 Å². The number of hydrogen-bond acceptors (Lipinski definition) is 4. The van der Waals surface area contributed by atoms with Crippen LogP contribution in [0.2, 0.25) is 0 Å². The Bertz CT molecular complexity index is 1130. The maximum Gasteiger partial charge on any atom is 0.257 e. The number of anilines is 2. The zero-order valence-corrected chi connectivity index (χ0v) is 19.7. The van der Waals surface area contributed by atoms with Crippen molar-refractivity contribution in [1.82, 2.24) is 5.32 Å². The van der Waals surface area contributed by atoms with E-state index in [2.05, 4.69) is 29.8 Å². The summed E-state index contributed by atoms with van der Waals surface area (Å²) < 4.78 is 5.64. The quantitative estimate of drug-likeness (QED) is 0.410. The molecular weight excluding hydrogens is 434 g/mol. The Morgan fingerprint density at radius 2 is 1.55 bits per heavy atom. The van der Waals surface area contributed by atoms with E-state index in [0.717, 1.165) is 11.3 Å². The van der Waals surface area contributed by atoms with E-state index in [4.69, 9.17) is 17.0 Å². The Morgan fingerprint density at radius 1 is 0.879 bits per heavy atom. The van der Waals surface area contributed by atoms with Crippen LogP contribution < -0.4 is 20.7 Å². The number of amides is 2. The van der Waals surface area contributed by atoms with Crippen LogP contribution in [0, 0.1) is 12.8 Å². The Morgan fingerprint density at radius 3 is 2.18 bits per heavy atom. The Labute approximate surface area is 199 Å². The van der Waals surface area contributed by atoms with Crippen LogP contribution in [0.3, 0.4) is 0 Å². The second-order valence-corrected chi connectivity index (χ2v) is 8.40. The summed E-state index contributed by atoms with van der Waals surface area (Å²) in [5, 5.41) is 8.76. The topological polar surface area (TPSA) is 79.5 Å². The first kappa shape index (κ1) is 23.9. The minimum atomic E-state index is -0.314. The fourth-order valence-electron chi connectivity index (χ4n) is 2.97. The van der Waals surface area contributed by atoms with E-state index in [0.29, 0.717) is 35.0 Å². The molecule has 3 aromatic carbocycles. The molecule has 0 unspecified atom stereocenters. The second-order valence-electron chi connectivity index (χ2n) is 7.99. The first-order valence-corrected chi connectivity index (χ1v) is 11.0. The van der Waals surface area contributed by atoms with Gasteiger partial charge in [-0.3, -0.25) is 14.9 Å². The Hall–Kier alpha value is -3.71. The largest absolute Gasteiger partial charge is 0.493 e. The van der Waals surface area contributed by atoms with E-state index < -0.39 is 0 Å². The van der Waals surface area contributed by atoms with Crippen molar-refractivity contribution in [1.29, 1.82) is 0 Å². The third-order valence-electron chi connectivity index (χ3n) is 4.70. The summed E-state index contributed by atoms with van der Waals surface area (Å²) >= 11 is 5.28. The van der Waals surface area contributed by atoms with Crippen molar-refractivity contribution >= 4 is 40.5 Å². The zero-order chi connectivity index (χ0) is 23.8. The molecule has 3 N–H and O–H groups in total. The molecule has 33 heavy (non-hydrogen) atoms. The lowest BCUT2D eigenvalue weighted by molar-refractivity contribution is 0.0976. The summed E-state index contributed by atoms with van der Waals surface area (Å²) in [6, 6.07) is 21.4. The van der Waals surface area contributed by atoms with Crippen LogP contribution >= 0.6 is 12.2 Å². The average Bonchev–Trinajstić information content (AvgIpc) is 2.80. The summed E-state index contributed by atoms with van der Waals surface area (Å²) in [6.07, 6.45) is 0. The molecule has 0 aliphatic rings. The van der Waals surface area contributed by atoms with Gasteiger partial charge in [0, 0.05) is 22.5 Å². The maximum atomic E-state index is 12.5. The number of aryl methyl sites for hydroxylation is 1. The van der Waals surface area contributed by atoms with Gasteiger partial charge in [-0.25, -0.2) is 0 Å². The molecule has 0 aliphatic heterocycles. The van der Waals surface area contributed by atoms with Gasteiger partial charge in [-0.1, -0.05) is 32.0 Å². The first-order chi connectivity index (χ1) is 15.8. The number of carbonyl (C=O) groups excluding carboxylic acids is 2. The summed E-state index contributed by atoms with van der Waals surface area (Å²) in [7, 11) is 0. The van der Waals surface area contributed by atoms with Crippen molar-refractivity contribution < 1.29 is 14.3 Å². The van der Waals surface area contributed by atoms with Crippen LogP contribution in [0.5, 0.6) is 5.75 Å². The van der Waals surface area contributed by atoms with Gasteiger partial charge >= 0.3 is 0 Å².